The van der Waals surface area contributed by atoms with Crippen molar-refractivity contribution in [3.63, 3.8) is 0 Å². The van der Waals surface area contributed by atoms with Gasteiger partial charge in [-0.2, -0.15) is 15.0 Å². The van der Waals surface area contributed by atoms with E-state index in [9.17, 15) is 0 Å². The molecule has 2 heterocycles. The Morgan fingerprint density at radius 1 is 1.10 bits per heavy atom. The molecule has 6 heteroatoms. The molecule has 0 atom stereocenters. The average Bonchev–Trinajstić information content (AvgIpc) is 2.48. The molecular weight excluding hydrogens is 252 g/mol. The van der Waals surface area contributed by atoms with Crippen LogP contribution in [0.2, 0.25) is 0 Å². The number of piperidine rings is 1. The molecule has 1 aliphatic rings. The molecule has 20 heavy (non-hydrogen) atoms. The van der Waals surface area contributed by atoms with Crippen molar-refractivity contribution in [1.82, 2.24) is 15.0 Å². The Morgan fingerprint density at radius 3 is 2.50 bits per heavy atom. The van der Waals surface area contributed by atoms with E-state index in [1.54, 1.807) is 0 Å². The Balaban J connectivity index is 2.24. The topological polar surface area (TPSA) is 57.2 Å². The lowest BCUT2D eigenvalue weighted by Crippen LogP contribution is -2.32. The molecule has 0 unspecified atom stereocenters. The second-order valence-corrected chi connectivity index (χ2v) is 5.26. The maximum Gasteiger partial charge on any atom is 0.231 e. The molecule has 2 rings (SSSR count). The van der Waals surface area contributed by atoms with Gasteiger partial charge in [0.2, 0.25) is 17.8 Å². The zero-order valence-corrected chi connectivity index (χ0v) is 12.9. The summed E-state index contributed by atoms with van der Waals surface area (Å²) in [5, 5.41) is 3.21. The van der Waals surface area contributed by atoms with Crippen LogP contribution in [-0.4, -0.2) is 48.2 Å². The Labute approximate surface area is 121 Å². The van der Waals surface area contributed by atoms with Crippen LogP contribution < -0.4 is 15.1 Å². The first-order valence-corrected chi connectivity index (χ1v) is 7.70. The van der Waals surface area contributed by atoms with Crippen molar-refractivity contribution in [2.45, 2.75) is 39.5 Å². The number of nitrogens with zero attached hydrogens (tertiary/aromatic N) is 5. The van der Waals surface area contributed by atoms with Gasteiger partial charge in [-0.15, -0.1) is 0 Å². The van der Waals surface area contributed by atoms with E-state index in [1.807, 2.05) is 7.05 Å². The van der Waals surface area contributed by atoms with Crippen LogP contribution in [0.1, 0.15) is 39.5 Å². The van der Waals surface area contributed by atoms with Gasteiger partial charge in [-0.1, -0.05) is 6.92 Å². The predicted octanol–water partition coefficient (Wildman–Crippen LogP) is 2.14. The molecule has 0 aromatic carbocycles. The first kappa shape index (κ1) is 14.8. The highest BCUT2D eigenvalue weighted by molar-refractivity contribution is 5.45. The van der Waals surface area contributed by atoms with Gasteiger partial charge < -0.3 is 15.1 Å². The molecular formula is C14H26N6. The van der Waals surface area contributed by atoms with Gasteiger partial charge in [-0.05, 0) is 32.6 Å². The average molecular weight is 278 g/mol. The largest absolute Gasteiger partial charge is 0.354 e. The summed E-state index contributed by atoms with van der Waals surface area (Å²) in [6.45, 7) is 8.09. The molecule has 1 saturated heterocycles. The van der Waals surface area contributed by atoms with Crippen molar-refractivity contribution in [3.8, 4) is 0 Å². The molecule has 112 valence electrons. The fourth-order valence-corrected chi connectivity index (χ4v) is 2.43. The van der Waals surface area contributed by atoms with Crippen LogP contribution in [0.3, 0.4) is 0 Å². The van der Waals surface area contributed by atoms with E-state index < -0.39 is 0 Å². The summed E-state index contributed by atoms with van der Waals surface area (Å²) in [5.41, 5.74) is 0. The first-order chi connectivity index (χ1) is 9.74. The summed E-state index contributed by atoms with van der Waals surface area (Å²) < 4.78 is 0. The predicted molar refractivity (Wildman–Crippen MR) is 83.6 cm³/mol. The number of hydrogen-bond acceptors (Lipinski definition) is 6. The summed E-state index contributed by atoms with van der Waals surface area (Å²) in [6, 6.07) is 0. The molecule has 0 bridgehead atoms. The summed E-state index contributed by atoms with van der Waals surface area (Å²) in [6.07, 6.45) is 4.84. The zero-order valence-electron chi connectivity index (χ0n) is 12.9. The third-order valence-corrected chi connectivity index (χ3v) is 3.49. The fraction of sp³-hybridized carbons (Fsp3) is 0.786. The van der Waals surface area contributed by atoms with E-state index in [-0.39, 0.29) is 0 Å². The lowest BCUT2D eigenvalue weighted by Gasteiger charge is -2.27. The molecule has 1 aromatic heterocycles. The Bertz CT molecular complexity index is 416. The van der Waals surface area contributed by atoms with Crippen LogP contribution >= 0.6 is 0 Å². The quantitative estimate of drug-likeness (QED) is 0.860. The highest BCUT2D eigenvalue weighted by Gasteiger charge is 2.17. The smallest absolute Gasteiger partial charge is 0.231 e. The molecule has 1 N–H and O–H groups in total. The SMILES string of the molecule is CCCN(C)c1nc(NCC)nc(N2CCCCC2)n1. The first-order valence-electron chi connectivity index (χ1n) is 7.70. The molecule has 0 radical (unpaired) electrons. The second kappa shape index (κ2) is 7.26. The monoisotopic (exact) mass is 278 g/mol. The second-order valence-electron chi connectivity index (χ2n) is 5.26. The number of rotatable bonds is 6. The van der Waals surface area contributed by atoms with Crippen LogP contribution in [0, 0.1) is 0 Å². The van der Waals surface area contributed by atoms with Crippen molar-refractivity contribution in [2.75, 3.05) is 48.3 Å². The molecule has 1 aromatic rings. The number of aromatic nitrogens is 3. The van der Waals surface area contributed by atoms with Gasteiger partial charge in [0.15, 0.2) is 0 Å². The maximum atomic E-state index is 4.65. The van der Waals surface area contributed by atoms with Crippen molar-refractivity contribution in [3.05, 3.63) is 0 Å². The van der Waals surface area contributed by atoms with Crippen LogP contribution in [0.25, 0.3) is 0 Å². The van der Waals surface area contributed by atoms with E-state index in [0.717, 1.165) is 44.5 Å². The highest BCUT2D eigenvalue weighted by atomic mass is 15.4. The molecule has 0 saturated carbocycles. The van der Waals surface area contributed by atoms with E-state index in [1.165, 1.54) is 19.3 Å². The lowest BCUT2D eigenvalue weighted by atomic mass is 10.1. The van der Waals surface area contributed by atoms with Gasteiger partial charge in [0, 0.05) is 33.2 Å². The zero-order chi connectivity index (χ0) is 14.4. The summed E-state index contributed by atoms with van der Waals surface area (Å²) in [4.78, 5) is 18.1. The van der Waals surface area contributed by atoms with Crippen LogP contribution in [-0.2, 0) is 0 Å². The van der Waals surface area contributed by atoms with Crippen molar-refractivity contribution in [2.24, 2.45) is 0 Å². The Kier molecular flexibility index (Phi) is 5.38. The standard InChI is InChI=1S/C14H26N6/c1-4-9-19(3)13-16-12(15-5-2)17-14(18-13)20-10-7-6-8-11-20/h4-11H2,1-3H3,(H,15,16,17,18). The van der Waals surface area contributed by atoms with Crippen molar-refractivity contribution >= 4 is 17.8 Å². The summed E-state index contributed by atoms with van der Waals surface area (Å²) in [7, 11) is 2.04. The van der Waals surface area contributed by atoms with Gasteiger partial charge in [0.25, 0.3) is 0 Å². The summed E-state index contributed by atoms with van der Waals surface area (Å²) in [5.74, 6) is 2.26. The normalized spacial score (nSPS) is 15.2. The van der Waals surface area contributed by atoms with Gasteiger partial charge in [0.05, 0.1) is 0 Å². The van der Waals surface area contributed by atoms with Crippen LogP contribution in [0.15, 0.2) is 0 Å². The number of hydrogen-bond donors (Lipinski definition) is 1. The van der Waals surface area contributed by atoms with Crippen molar-refractivity contribution in [1.29, 1.82) is 0 Å². The van der Waals surface area contributed by atoms with E-state index in [2.05, 4.69) is 43.9 Å². The Morgan fingerprint density at radius 2 is 1.85 bits per heavy atom. The number of nitrogens with one attached hydrogen (secondary N) is 1. The minimum Gasteiger partial charge on any atom is -0.354 e. The molecule has 0 spiro atoms. The Hall–Kier alpha value is -1.59. The fourth-order valence-electron chi connectivity index (χ4n) is 2.43. The van der Waals surface area contributed by atoms with E-state index in [4.69, 9.17) is 0 Å². The lowest BCUT2D eigenvalue weighted by molar-refractivity contribution is 0.567. The molecule has 1 fully saturated rings. The minimum absolute atomic E-state index is 0.682. The van der Waals surface area contributed by atoms with Gasteiger partial charge in [-0.25, -0.2) is 0 Å². The molecule has 0 amide bonds. The van der Waals surface area contributed by atoms with Gasteiger partial charge in [0.1, 0.15) is 0 Å². The van der Waals surface area contributed by atoms with Crippen LogP contribution in [0.5, 0.6) is 0 Å². The molecule has 1 aliphatic heterocycles. The van der Waals surface area contributed by atoms with Gasteiger partial charge in [-0.3, -0.25) is 0 Å². The highest BCUT2D eigenvalue weighted by Crippen LogP contribution is 2.19. The minimum atomic E-state index is 0.682. The van der Waals surface area contributed by atoms with Crippen molar-refractivity contribution < 1.29 is 0 Å². The van der Waals surface area contributed by atoms with Crippen LogP contribution in [0.4, 0.5) is 17.8 Å². The third kappa shape index (κ3) is 3.71. The summed E-state index contributed by atoms with van der Waals surface area (Å²) >= 11 is 0. The van der Waals surface area contributed by atoms with E-state index >= 15 is 0 Å². The molecule has 0 aliphatic carbocycles. The van der Waals surface area contributed by atoms with E-state index in [0.29, 0.717) is 5.95 Å². The number of anilines is 3. The maximum absolute atomic E-state index is 4.65. The third-order valence-electron chi connectivity index (χ3n) is 3.49. The molecule has 6 nitrogen and oxygen atoms in total. The van der Waals surface area contributed by atoms with Gasteiger partial charge >= 0.3 is 0 Å².